The van der Waals surface area contributed by atoms with Crippen molar-refractivity contribution in [2.75, 3.05) is 13.2 Å². The average Bonchev–Trinajstić information content (AvgIpc) is 2.28. The fraction of sp³-hybridized carbons (Fsp3) is 0.385. The third-order valence-corrected chi connectivity index (χ3v) is 2.30. The third kappa shape index (κ3) is 4.63. The number of hydrogen-bond acceptors (Lipinski definition) is 2. The van der Waals surface area contributed by atoms with Crippen molar-refractivity contribution in [3.8, 4) is 5.75 Å². The van der Waals surface area contributed by atoms with Gasteiger partial charge in [-0.1, -0.05) is 25.1 Å². The SMILES string of the molecule is C=C(Cl)COc1c(F)cc(CNCCC)cc1F. The van der Waals surface area contributed by atoms with Crippen LogP contribution in [0.3, 0.4) is 0 Å². The lowest BCUT2D eigenvalue weighted by Gasteiger charge is -2.10. The molecule has 1 N–H and O–H groups in total. The predicted molar refractivity (Wildman–Crippen MR) is 68.8 cm³/mol. The highest BCUT2D eigenvalue weighted by atomic mass is 35.5. The summed E-state index contributed by atoms with van der Waals surface area (Å²) in [6.45, 7) is 6.50. The van der Waals surface area contributed by atoms with Crippen LogP contribution in [0.15, 0.2) is 23.7 Å². The number of nitrogens with one attached hydrogen (secondary N) is 1. The first kappa shape index (κ1) is 14.9. The van der Waals surface area contributed by atoms with E-state index in [0.29, 0.717) is 12.1 Å². The van der Waals surface area contributed by atoms with E-state index >= 15 is 0 Å². The molecular formula is C13H16ClF2NO. The van der Waals surface area contributed by atoms with Gasteiger partial charge in [-0.25, -0.2) is 8.78 Å². The summed E-state index contributed by atoms with van der Waals surface area (Å²) in [6, 6.07) is 2.50. The Bertz CT molecular complexity index is 400. The minimum atomic E-state index is -0.735. The maximum absolute atomic E-state index is 13.6. The smallest absolute Gasteiger partial charge is 0.191 e. The van der Waals surface area contributed by atoms with Crippen molar-refractivity contribution in [3.05, 3.63) is 40.9 Å². The van der Waals surface area contributed by atoms with Gasteiger partial charge in [0.15, 0.2) is 17.4 Å². The standard InChI is InChI=1S/C13H16ClF2NO/c1-3-4-17-7-10-5-11(15)13(12(16)6-10)18-8-9(2)14/h5-6,17H,2-4,7-8H2,1H3. The van der Waals surface area contributed by atoms with Crippen LogP contribution < -0.4 is 10.1 Å². The average molecular weight is 276 g/mol. The molecule has 2 nitrogen and oxygen atoms in total. The van der Waals surface area contributed by atoms with Crippen LogP contribution in [0, 0.1) is 11.6 Å². The molecule has 0 spiro atoms. The van der Waals surface area contributed by atoms with Gasteiger partial charge in [-0.05, 0) is 30.7 Å². The van der Waals surface area contributed by atoms with E-state index in [4.69, 9.17) is 16.3 Å². The van der Waals surface area contributed by atoms with Crippen LogP contribution in [0.2, 0.25) is 0 Å². The summed E-state index contributed by atoms with van der Waals surface area (Å²) in [4.78, 5) is 0. The van der Waals surface area contributed by atoms with Crippen LogP contribution in [0.4, 0.5) is 8.78 Å². The van der Waals surface area contributed by atoms with Gasteiger partial charge >= 0.3 is 0 Å². The molecule has 5 heteroatoms. The molecule has 100 valence electrons. The van der Waals surface area contributed by atoms with E-state index in [-0.39, 0.29) is 11.6 Å². The molecule has 0 aliphatic heterocycles. The Kier molecular flexibility index (Phi) is 6.09. The van der Waals surface area contributed by atoms with Crippen LogP contribution in [0.5, 0.6) is 5.75 Å². The van der Waals surface area contributed by atoms with Gasteiger partial charge in [0.25, 0.3) is 0 Å². The molecule has 0 radical (unpaired) electrons. The molecule has 1 rings (SSSR count). The Labute approximate surface area is 111 Å². The van der Waals surface area contributed by atoms with E-state index in [0.717, 1.165) is 13.0 Å². The predicted octanol–water partition coefficient (Wildman–Crippen LogP) is 3.60. The Hall–Kier alpha value is -1.13. The van der Waals surface area contributed by atoms with Crippen molar-refractivity contribution in [3.63, 3.8) is 0 Å². The van der Waals surface area contributed by atoms with Gasteiger partial charge in [-0.2, -0.15) is 0 Å². The molecule has 0 unspecified atom stereocenters. The monoisotopic (exact) mass is 275 g/mol. The lowest BCUT2D eigenvalue weighted by molar-refractivity contribution is 0.317. The van der Waals surface area contributed by atoms with Gasteiger partial charge in [-0.15, -0.1) is 0 Å². The van der Waals surface area contributed by atoms with Gasteiger partial charge < -0.3 is 10.1 Å². The molecule has 0 atom stereocenters. The normalized spacial score (nSPS) is 10.4. The van der Waals surface area contributed by atoms with Gasteiger partial charge in [0.05, 0.1) is 0 Å². The number of halogens is 3. The molecule has 0 bridgehead atoms. The minimum Gasteiger partial charge on any atom is -0.482 e. The van der Waals surface area contributed by atoms with Crippen molar-refractivity contribution in [1.29, 1.82) is 0 Å². The van der Waals surface area contributed by atoms with E-state index in [1.54, 1.807) is 0 Å². The Morgan fingerprint density at radius 1 is 1.39 bits per heavy atom. The van der Waals surface area contributed by atoms with Gasteiger partial charge in [0.1, 0.15) is 6.61 Å². The fourth-order valence-electron chi connectivity index (χ4n) is 1.41. The van der Waals surface area contributed by atoms with Gasteiger partial charge in [0, 0.05) is 11.6 Å². The summed E-state index contributed by atoms with van der Waals surface area (Å²) in [5.41, 5.74) is 0.538. The molecule has 0 aliphatic carbocycles. The second kappa shape index (κ2) is 7.34. The van der Waals surface area contributed by atoms with E-state index in [9.17, 15) is 8.78 Å². The van der Waals surface area contributed by atoms with Crippen LogP contribution >= 0.6 is 11.6 Å². The zero-order chi connectivity index (χ0) is 13.5. The van der Waals surface area contributed by atoms with Gasteiger partial charge in [-0.3, -0.25) is 0 Å². The number of rotatable bonds is 7. The summed E-state index contributed by atoms with van der Waals surface area (Å²) in [6.07, 6.45) is 0.962. The van der Waals surface area contributed by atoms with Crippen molar-refractivity contribution in [2.24, 2.45) is 0 Å². The van der Waals surface area contributed by atoms with Crippen molar-refractivity contribution in [1.82, 2.24) is 5.32 Å². The van der Waals surface area contributed by atoms with E-state index < -0.39 is 17.4 Å². The lowest BCUT2D eigenvalue weighted by Crippen LogP contribution is -2.14. The molecular weight excluding hydrogens is 260 g/mol. The topological polar surface area (TPSA) is 21.3 Å². The Balaban J connectivity index is 2.74. The van der Waals surface area contributed by atoms with Crippen molar-refractivity contribution < 1.29 is 13.5 Å². The second-order valence-electron chi connectivity index (χ2n) is 3.87. The van der Waals surface area contributed by atoms with Crippen LogP contribution in [-0.2, 0) is 6.54 Å². The highest BCUT2D eigenvalue weighted by Crippen LogP contribution is 2.24. The quantitative estimate of drug-likeness (QED) is 0.768. The molecule has 0 fully saturated rings. The summed E-state index contributed by atoms with van der Waals surface area (Å²) in [5, 5.41) is 3.25. The van der Waals surface area contributed by atoms with Crippen LogP contribution in [-0.4, -0.2) is 13.2 Å². The first-order valence-corrected chi connectivity index (χ1v) is 6.07. The second-order valence-corrected chi connectivity index (χ2v) is 4.41. The van der Waals surface area contributed by atoms with E-state index in [1.165, 1.54) is 12.1 Å². The zero-order valence-corrected chi connectivity index (χ0v) is 11.0. The van der Waals surface area contributed by atoms with Crippen molar-refractivity contribution >= 4 is 11.6 Å². The molecule has 0 aliphatic rings. The van der Waals surface area contributed by atoms with Crippen LogP contribution in [0.1, 0.15) is 18.9 Å². The summed E-state index contributed by atoms with van der Waals surface area (Å²) < 4.78 is 32.1. The lowest BCUT2D eigenvalue weighted by atomic mass is 10.2. The van der Waals surface area contributed by atoms with Gasteiger partial charge in [0.2, 0.25) is 0 Å². The Morgan fingerprint density at radius 3 is 2.50 bits per heavy atom. The summed E-state index contributed by atoms with van der Waals surface area (Å²) in [5.74, 6) is -1.89. The van der Waals surface area contributed by atoms with Crippen molar-refractivity contribution in [2.45, 2.75) is 19.9 Å². The maximum Gasteiger partial charge on any atom is 0.191 e. The number of benzene rings is 1. The Morgan fingerprint density at radius 2 is 2.00 bits per heavy atom. The largest absolute Gasteiger partial charge is 0.482 e. The number of ether oxygens (including phenoxy) is 1. The first-order chi connectivity index (χ1) is 8.54. The maximum atomic E-state index is 13.6. The molecule has 0 saturated carbocycles. The number of hydrogen-bond donors (Lipinski definition) is 1. The molecule has 18 heavy (non-hydrogen) atoms. The first-order valence-electron chi connectivity index (χ1n) is 5.69. The molecule has 0 heterocycles. The molecule has 1 aromatic rings. The molecule has 0 aromatic heterocycles. The molecule has 0 amide bonds. The molecule has 0 saturated heterocycles. The van der Waals surface area contributed by atoms with Crippen LogP contribution in [0.25, 0.3) is 0 Å². The minimum absolute atomic E-state index is 0.122. The highest BCUT2D eigenvalue weighted by Gasteiger charge is 2.12. The fourth-order valence-corrected chi connectivity index (χ4v) is 1.47. The summed E-state index contributed by atoms with van der Waals surface area (Å²) in [7, 11) is 0. The highest BCUT2D eigenvalue weighted by molar-refractivity contribution is 6.29. The van der Waals surface area contributed by atoms with E-state index in [1.807, 2.05) is 6.92 Å². The third-order valence-electron chi connectivity index (χ3n) is 2.19. The summed E-state index contributed by atoms with van der Waals surface area (Å²) >= 11 is 5.47. The zero-order valence-electron chi connectivity index (χ0n) is 10.2. The molecule has 1 aromatic carbocycles. The van der Waals surface area contributed by atoms with E-state index in [2.05, 4.69) is 11.9 Å².